The van der Waals surface area contributed by atoms with Crippen molar-refractivity contribution in [2.24, 2.45) is 0 Å². The molecule has 0 bridgehead atoms. The second-order valence-corrected chi connectivity index (χ2v) is 6.21. The molecule has 0 radical (unpaired) electrons. The Morgan fingerprint density at radius 2 is 1.91 bits per heavy atom. The Kier molecular flexibility index (Phi) is 5.27. The first-order valence-corrected chi connectivity index (χ1v) is 7.94. The predicted molar refractivity (Wildman–Crippen MR) is 89.3 cm³/mol. The predicted octanol–water partition coefficient (Wildman–Crippen LogP) is 3.41. The molecule has 22 heavy (non-hydrogen) atoms. The molecule has 1 heterocycles. The third-order valence-electron chi connectivity index (χ3n) is 2.87. The molecule has 0 spiro atoms. The van der Waals surface area contributed by atoms with Crippen molar-refractivity contribution >= 4 is 34.5 Å². The molecular formula is C16H19N3O2S. The molecule has 1 aromatic carbocycles. The highest BCUT2D eigenvalue weighted by Crippen LogP contribution is 2.20. The zero-order valence-corrected chi connectivity index (χ0v) is 13.7. The molecule has 2 amide bonds. The van der Waals surface area contributed by atoms with E-state index < -0.39 is 0 Å². The molecule has 2 N–H and O–H groups in total. The van der Waals surface area contributed by atoms with E-state index in [1.807, 2.05) is 5.38 Å². The minimum absolute atomic E-state index is 0.124. The van der Waals surface area contributed by atoms with Crippen LogP contribution in [-0.4, -0.2) is 16.8 Å². The van der Waals surface area contributed by atoms with Gasteiger partial charge in [0.05, 0.1) is 17.1 Å². The van der Waals surface area contributed by atoms with Crippen LogP contribution in [0.25, 0.3) is 0 Å². The van der Waals surface area contributed by atoms with E-state index in [9.17, 15) is 9.59 Å². The summed E-state index contributed by atoms with van der Waals surface area (Å²) in [4.78, 5) is 27.5. The maximum atomic E-state index is 12.1. The van der Waals surface area contributed by atoms with Crippen molar-refractivity contribution in [2.45, 2.75) is 33.1 Å². The number of hydrogen-bond acceptors (Lipinski definition) is 4. The minimum atomic E-state index is -0.146. The van der Waals surface area contributed by atoms with Crippen LogP contribution < -0.4 is 10.6 Å². The van der Waals surface area contributed by atoms with E-state index >= 15 is 0 Å². The van der Waals surface area contributed by atoms with E-state index in [0.717, 1.165) is 10.7 Å². The van der Waals surface area contributed by atoms with Crippen LogP contribution >= 0.6 is 11.3 Å². The number of amides is 2. The molecule has 0 unspecified atom stereocenters. The van der Waals surface area contributed by atoms with E-state index in [-0.39, 0.29) is 18.2 Å². The van der Waals surface area contributed by atoms with Gasteiger partial charge in [-0.3, -0.25) is 9.59 Å². The molecule has 2 rings (SSSR count). The van der Waals surface area contributed by atoms with Crippen LogP contribution in [0, 0.1) is 0 Å². The molecule has 0 aliphatic heterocycles. The summed E-state index contributed by atoms with van der Waals surface area (Å²) in [6.07, 6.45) is 0.244. The number of carbonyl (C=O) groups excluding carboxylic acids is 2. The third-order valence-corrected chi connectivity index (χ3v) is 4.07. The lowest BCUT2D eigenvalue weighted by molar-refractivity contribution is -0.116. The summed E-state index contributed by atoms with van der Waals surface area (Å²) in [5.41, 5.74) is 2.08. The Bertz CT molecular complexity index is 680. The summed E-state index contributed by atoms with van der Waals surface area (Å²) in [5.74, 6) is 0.101. The van der Waals surface area contributed by atoms with Crippen molar-refractivity contribution in [3.63, 3.8) is 0 Å². The Balaban J connectivity index is 1.97. The lowest BCUT2D eigenvalue weighted by atomic mass is 10.2. The Hall–Kier alpha value is -2.21. The quantitative estimate of drug-likeness (QED) is 0.888. The smallest absolute Gasteiger partial charge is 0.230 e. The fourth-order valence-electron chi connectivity index (χ4n) is 1.92. The van der Waals surface area contributed by atoms with E-state index in [0.29, 0.717) is 17.3 Å². The van der Waals surface area contributed by atoms with Gasteiger partial charge in [0.1, 0.15) is 0 Å². The van der Waals surface area contributed by atoms with Gasteiger partial charge in [-0.2, -0.15) is 0 Å². The van der Waals surface area contributed by atoms with Crippen molar-refractivity contribution < 1.29 is 9.59 Å². The molecular weight excluding hydrogens is 298 g/mol. The lowest BCUT2D eigenvalue weighted by Crippen LogP contribution is -2.15. The normalized spacial score (nSPS) is 10.5. The first-order chi connectivity index (χ1) is 10.4. The summed E-state index contributed by atoms with van der Waals surface area (Å²) in [6.45, 7) is 5.60. The van der Waals surface area contributed by atoms with Crippen molar-refractivity contribution in [3.8, 4) is 0 Å². The second-order valence-electron chi connectivity index (χ2n) is 5.32. The average Bonchev–Trinajstić information content (AvgIpc) is 2.86. The monoisotopic (exact) mass is 317 g/mol. The number of rotatable bonds is 5. The van der Waals surface area contributed by atoms with E-state index in [1.54, 1.807) is 35.6 Å². The van der Waals surface area contributed by atoms with Gasteiger partial charge in [0.2, 0.25) is 11.8 Å². The first-order valence-electron chi connectivity index (χ1n) is 7.06. The van der Waals surface area contributed by atoms with Gasteiger partial charge in [-0.15, -0.1) is 11.3 Å². The van der Waals surface area contributed by atoms with Gasteiger partial charge < -0.3 is 10.6 Å². The minimum Gasteiger partial charge on any atom is -0.326 e. The average molecular weight is 317 g/mol. The van der Waals surface area contributed by atoms with Crippen LogP contribution in [0.3, 0.4) is 0 Å². The Morgan fingerprint density at radius 3 is 2.50 bits per heavy atom. The molecule has 0 aliphatic rings. The summed E-state index contributed by atoms with van der Waals surface area (Å²) >= 11 is 1.58. The van der Waals surface area contributed by atoms with Crippen LogP contribution in [0.4, 0.5) is 11.4 Å². The van der Waals surface area contributed by atoms with Crippen molar-refractivity contribution in [1.82, 2.24) is 4.98 Å². The molecule has 116 valence electrons. The zero-order valence-electron chi connectivity index (χ0n) is 12.8. The Morgan fingerprint density at radius 1 is 1.23 bits per heavy atom. The van der Waals surface area contributed by atoms with Crippen LogP contribution in [0.2, 0.25) is 0 Å². The highest BCUT2D eigenvalue weighted by molar-refractivity contribution is 7.09. The third kappa shape index (κ3) is 4.66. The fourth-order valence-corrected chi connectivity index (χ4v) is 2.75. The van der Waals surface area contributed by atoms with Gasteiger partial charge in [-0.05, 0) is 18.2 Å². The SMILES string of the molecule is CC(=O)Nc1cccc(NC(=O)Cc2csc(C(C)C)n2)c1. The molecule has 5 nitrogen and oxygen atoms in total. The van der Waals surface area contributed by atoms with Gasteiger partial charge in [0, 0.05) is 29.6 Å². The van der Waals surface area contributed by atoms with Crippen LogP contribution in [0.5, 0.6) is 0 Å². The molecule has 0 saturated heterocycles. The van der Waals surface area contributed by atoms with Gasteiger partial charge >= 0.3 is 0 Å². The number of aromatic nitrogens is 1. The lowest BCUT2D eigenvalue weighted by Gasteiger charge is -2.07. The number of carbonyl (C=O) groups is 2. The molecule has 6 heteroatoms. The van der Waals surface area contributed by atoms with E-state index in [2.05, 4.69) is 29.5 Å². The van der Waals surface area contributed by atoms with Crippen molar-refractivity contribution in [1.29, 1.82) is 0 Å². The highest BCUT2D eigenvalue weighted by Gasteiger charge is 2.10. The van der Waals surface area contributed by atoms with Gasteiger partial charge in [-0.25, -0.2) is 4.98 Å². The van der Waals surface area contributed by atoms with Crippen molar-refractivity contribution in [2.75, 3.05) is 10.6 Å². The Labute approximate surface area is 133 Å². The highest BCUT2D eigenvalue weighted by atomic mass is 32.1. The molecule has 2 aromatic rings. The number of benzene rings is 1. The number of nitrogens with one attached hydrogen (secondary N) is 2. The largest absolute Gasteiger partial charge is 0.326 e. The number of hydrogen-bond donors (Lipinski definition) is 2. The van der Waals surface area contributed by atoms with Gasteiger partial charge in [0.15, 0.2) is 0 Å². The number of thiazole rings is 1. The zero-order chi connectivity index (χ0) is 16.1. The standard InChI is InChI=1S/C16H19N3O2S/c1-10(2)16-19-14(9-22-16)8-15(21)18-13-6-4-5-12(7-13)17-11(3)20/h4-7,9-10H,8H2,1-3H3,(H,17,20)(H,18,21). The van der Waals surface area contributed by atoms with Crippen LogP contribution in [0.15, 0.2) is 29.6 Å². The van der Waals surface area contributed by atoms with E-state index in [4.69, 9.17) is 0 Å². The summed E-state index contributed by atoms with van der Waals surface area (Å²) in [6, 6.07) is 7.05. The molecule has 0 aliphatic carbocycles. The molecule has 0 fully saturated rings. The second kappa shape index (κ2) is 7.17. The maximum Gasteiger partial charge on any atom is 0.230 e. The van der Waals surface area contributed by atoms with Gasteiger partial charge in [0.25, 0.3) is 0 Å². The summed E-state index contributed by atoms with van der Waals surface area (Å²) in [7, 11) is 0. The van der Waals surface area contributed by atoms with Crippen LogP contribution in [-0.2, 0) is 16.0 Å². The summed E-state index contributed by atoms with van der Waals surface area (Å²) < 4.78 is 0. The number of anilines is 2. The summed E-state index contributed by atoms with van der Waals surface area (Å²) in [5, 5.41) is 8.46. The first kappa shape index (κ1) is 16.2. The molecule has 0 saturated carbocycles. The maximum absolute atomic E-state index is 12.1. The van der Waals surface area contributed by atoms with Gasteiger partial charge in [-0.1, -0.05) is 19.9 Å². The van der Waals surface area contributed by atoms with E-state index in [1.165, 1.54) is 6.92 Å². The number of nitrogens with zero attached hydrogens (tertiary/aromatic N) is 1. The molecule has 0 atom stereocenters. The molecule has 1 aromatic heterocycles. The topological polar surface area (TPSA) is 71.1 Å². The van der Waals surface area contributed by atoms with Crippen molar-refractivity contribution in [3.05, 3.63) is 40.3 Å². The van der Waals surface area contributed by atoms with Crippen LogP contribution in [0.1, 0.15) is 37.4 Å². The fraction of sp³-hybridized carbons (Fsp3) is 0.312.